The van der Waals surface area contributed by atoms with Crippen LogP contribution in [0.4, 0.5) is 18.9 Å². The molecule has 7 heteroatoms. The summed E-state index contributed by atoms with van der Waals surface area (Å²) in [5, 5.41) is 8.30. The summed E-state index contributed by atoms with van der Waals surface area (Å²) in [7, 11) is 0. The number of nitrogen functional groups attached to an aromatic ring is 1. The van der Waals surface area contributed by atoms with Crippen molar-refractivity contribution in [2.75, 3.05) is 5.73 Å². The molecule has 1 rings (SSSR count). The van der Waals surface area contributed by atoms with Crippen LogP contribution in [0.2, 0.25) is 0 Å². The summed E-state index contributed by atoms with van der Waals surface area (Å²) >= 11 is 0. The minimum atomic E-state index is -4.72. The smallest absolute Gasteiger partial charge is 0.449 e. The Morgan fingerprint density at radius 3 is 2.31 bits per heavy atom. The molecule has 3 N–H and O–H groups in total. The maximum absolute atomic E-state index is 11.9. The first-order valence-electron chi connectivity index (χ1n) is 3.02. The van der Waals surface area contributed by atoms with Gasteiger partial charge in [0.2, 0.25) is 11.5 Å². The van der Waals surface area contributed by atoms with E-state index in [-0.39, 0.29) is 0 Å². The molecule has 0 fully saturated rings. The molecular weight excluding hydrogens is 191 g/mol. The minimum Gasteiger partial charge on any atom is -0.475 e. The Bertz CT molecular complexity index is 341. The number of hydrogen-bond donors (Lipinski definition) is 2. The van der Waals surface area contributed by atoms with Crippen LogP contribution < -0.4 is 5.73 Å². The SMILES string of the molecule is Nc1cc(C(F)(F)F)oc1C(=O)O. The van der Waals surface area contributed by atoms with E-state index in [0.717, 1.165) is 0 Å². The molecule has 1 aromatic heterocycles. The lowest BCUT2D eigenvalue weighted by atomic mass is 10.3. The Morgan fingerprint density at radius 1 is 1.54 bits per heavy atom. The van der Waals surface area contributed by atoms with E-state index in [1.165, 1.54) is 0 Å². The number of anilines is 1. The van der Waals surface area contributed by atoms with E-state index in [1.807, 2.05) is 0 Å². The molecule has 0 saturated carbocycles. The van der Waals surface area contributed by atoms with Gasteiger partial charge in [-0.3, -0.25) is 0 Å². The second-order valence-electron chi connectivity index (χ2n) is 2.20. The van der Waals surface area contributed by atoms with Crippen LogP contribution >= 0.6 is 0 Å². The fourth-order valence-corrected chi connectivity index (χ4v) is 0.712. The number of rotatable bonds is 1. The summed E-state index contributed by atoms with van der Waals surface area (Å²) in [4.78, 5) is 10.2. The van der Waals surface area contributed by atoms with Crippen molar-refractivity contribution in [3.05, 3.63) is 17.6 Å². The summed E-state index contributed by atoms with van der Waals surface area (Å²) in [6, 6.07) is 0.434. The summed E-state index contributed by atoms with van der Waals surface area (Å²) in [6.45, 7) is 0. The Hall–Kier alpha value is -1.66. The summed E-state index contributed by atoms with van der Waals surface area (Å²) in [6.07, 6.45) is -4.72. The fourth-order valence-electron chi connectivity index (χ4n) is 0.712. The molecule has 0 aliphatic heterocycles. The van der Waals surface area contributed by atoms with Crippen molar-refractivity contribution in [1.82, 2.24) is 0 Å². The van der Waals surface area contributed by atoms with Gasteiger partial charge in [0.25, 0.3) is 0 Å². The number of halogens is 3. The van der Waals surface area contributed by atoms with Crippen LogP contribution in [0.5, 0.6) is 0 Å². The predicted molar refractivity (Wildman–Crippen MR) is 35.1 cm³/mol. The van der Waals surface area contributed by atoms with Crippen molar-refractivity contribution in [2.24, 2.45) is 0 Å². The molecule has 0 unspecified atom stereocenters. The van der Waals surface area contributed by atoms with Crippen molar-refractivity contribution < 1.29 is 27.5 Å². The van der Waals surface area contributed by atoms with Crippen LogP contribution in [0.25, 0.3) is 0 Å². The van der Waals surface area contributed by atoms with Gasteiger partial charge in [0.15, 0.2) is 0 Å². The Kier molecular flexibility index (Phi) is 1.94. The molecule has 0 amide bonds. The summed E-state index contributed by atoms with van der Waals surface area (Å²) in [5.74, 6) is -3.94. The van der Waals surface area contributed by atoms with E-state index in [0.29, 0.717) is 6.07 Å². The quantitative estimate of drug-likeness (QED) is 0.713. The lowest BCUT2D eigenvalue weighted by Crippen LogP contribution is -2.02. The Morgan fingerprint density at radius 2 is 2.08 bits per heavy atom. The number of nitrogens with two attached hydrogens (primary N) is 1. The molecule has 0 aliphatic carbocycles. The van der Waals surface area contributed by atoms with E-state index in [2.05, 4.69) is 4.42 Å². The molecule has 0 bridgehead atoms. The van der Waals surface area contributed by atoms with Gasteiger partial charge in [-0.1, -0.05) is 0 Å². The number of carboxylic acid groups (broad SMARTS) is 1. The van der Waals surface area contributed by atoms with Crippen molar-refractivity contribution in [1.29, 1.82) is 0 Å². The van der Waals surface area contributed by atoms with E-state index in [1.54, 1.807) is 0 Å². The predicted octanol–water partition coefficient (Wildman–Crippen LogP) is 1.58. The molecule has 13 heavy (non-hydrogen) atoms. The molecule has 0 spiro atoms. The number of carbonyl (C=O) groups is 1. The zero-order valence-corrected chi connectivity index (χ0v) is 6.05. The second kappa shape index (κ2) is 2.68. The lowest BCUT2D eigenvalue weighted by molar-refractivity contribution is -0.153. The van der Waals surface area contributed by atoms with Crippen LogP contribution in [0, 0.1) is 0 Å². The van der Waals surface area contributed by atoms with Crippen LogP contribution in [0.1, 0.15) is 16.3 Å². The molecule has 0 aromatic carbocycles. The molecule has 0 aliphatic rings. The topological polar surface area (TPSA) is 76.5 Å². The van der Waals surface area contributed by atoms with E-state index < -0.39 is 29.4 Å². The van der Waals surface area contributed by atoms with Crippen LogP contribution in [-0.4, -0.2) is 11.1 Å². The molecular formula is C6H4F3NO3. The first-order valence-corrected chi connectivity index (χ1v) is 3.02. The fraction of sp³-hybridized carbons (Fsp3) is 0.167. The van der Waals surface area contributed by atoms with Crippen LogP contribution in [0.3, 0.4) is 0 Å². The zero-order valence-electron chi connectivity index (χ0n) is 6.05. The molecule has 1 heterocycles. The van der Waals surface area contributed by atoms with E-state index in [9.17, 15) is 18.0 Å². The summed E-state index contributed by atoms with van der Waals surface area (Å²) in [5.41, 5.74) is 4.42. The number of hydrogen-bond acceptors (Lipinski definition) is 3. The Labute approximate surface area is 69.7 Å². The maximum Gasteiger partial charge on any atom is 0.449 e. The zero-order chi connectivity index (χ0) is 10.2. The first-order chi connectivity index (χ1) is 5.82. The van der Waals surface area contributed by atoms with Crippen LogP contribution in [0.15, 0.2) is 10.5 Å². The third-order valence-corrected chi connectivity index (χ3v) is 1.23. The monoisotopic (exact) mass is 195 g/mol. The van der Waals surface area contributed by atoms with Gasteiger partial charge < -0.3 is 15.3 Å². The summed E-state index contributed by atoms with van der Waals surface area (Å²) < 4.78 is 39.7. The maximum atomic E-state index is 11.9. The molecule has 4 nitrogen and oxygen atoms in total. The largest absolute Gasteiger partial charge is 0.475 e. The molecule has 0 atom stereocenters. The highest BCUT2D eigenvalue weighted by atomic mass is 19.4. The lowest BCUT2D eigenvalue weighted by Gasteiger charge is -1.99. The van der Waals surface area contributed by atoms with Gasteiger partial charge in [0.05, 0.1) is 5.69 Å². The number of aromatic carboxylic acids is 1. The standard InChI is InChI=1S/C6H4F3NO3/c7-6(8,9)3-1-2(10)4(13-3)5(11)12/h1H,10H2,(H,11,12). The van der Waals surface area contributed by atoms with Crippen molar-refractivity contribution in [3.8, 4) is 0 Å². The van der Waals surface area contributed by atoms with E-state index in [4.69, 9.17) is 10.8 Å². The number of carboxylic acids is 1. The van der Waals surface area contributed by atoms with Crippen molar-refractivity contribution >= 4 is 11.7 Å². The third-order valence-electron chi connectivity index (χ3n) is 1.23. The molecule has 0 saturated heterocycles. The van der Waals surface area contributed by atoms with Gasteiger partial charge >= 0.3 is 12.1 Å². The van der Waals surface area contributed by atoms with Crippen molar-refractivity contribution in [3.63, 3.8) is 0 Å². The van der Waals surface area contributed by atoms with Gasteiger partial charge in [0.1, 0.15) is 0 Å². The van der Waals surface area contributed by atoms with Gasteiger partial charge in [-0.05, 0) is 0 Å². The molecule has 72 valence electrons. The second-order valence-corrected chi connectivity index (χ2v) is 2.20. The number of furan rings is 1. The minimum absolute atomic E-state index is 0.434. The molecule has 1 aromatic rings. The van der Waals surface area contributed by atoms with Crippen LogP contribution in [-0.2, 0) is 6.18 Å². The van der Waals surface area contributed by atoms with Gasteiger partial charge in [0, 0.05) is 6.07 Å². The average molecular weight is 195 g/mol. The highest BCUT2D eigenvalue weighted by Gasteiger charge is 2.36. The highest BCUT2D eigenvalue weighted by Crippen LogP contribution is 2.33. The van der Waals surface area contributed by atoms with Gasteiger partial charge in [-0.15, -0.1) is 0 Å². The average Bonchev–Trinajstić information content (AvgIpc) is 2.29. The Balaban J connectivity index is 3.17. The molecule has 0 radical (unpaired) electrons. The normalized spacial score (nSPS) is 11.6. The van der Waals surface area contributed by atoms with Gasteiger partial charge in [-0.25, -0.2) is 4.79 Å². The third kappa shape index (κ3) is 1.74. The van der Waals surface area contributed by atoms with E-state index >= 15 is 0 Å². The highest BCUT2D eigenvalue weighted by molar-refractivity contribution is 5.90. The van der Waals surface area contributed by atoms with Gasteiger partial charge in [-0.2, -0.15) is 13.2 Å². The first kappa shape index (κ1) is 9.43. The number of alkyl halides is 3. The van der Waals surface area contributed by atoms with Crippen molar-refractivity contribution in [2.45, 2.75) is 6.18 Å².